The van der Waals surface area contributed by atoms with Crippen molar-refractivity contribution in [3.05, 3.63) is 64.9 Å². The number of carbonyl (C=O) groups excluding carboxylic acids is 2. The second-order valence-electron chi connectivity index (χ2n) is 6.81. The SMILES string of the molecule is O=C(COC(=O)CCc1cnn(-c2ccccc2)c1)Nc1cc2c(cc1Br)OCCO2. The lowest BCUT2D eigenvalue weighted by atomic mass is 10.2. The fraction of sp³-hybridized carbons (Fsp3) is 0.227. The number of hydrogen-bond acceptors (Lipinski definition) is 6. The Hall–Kier alpha value is -3.33. The number of aromatic nitrogens is 2. The van der Waals surface area contributed by atoms with Crippen LogP contribution in [-0.4, -0.2) is 41.5 Å². The highest BCUT2D eigenvalue weighted by atomic mass is 79.9. The number of fused-ring (bicyclic) bond motifs is 1. The first-order valence-corrected chi connectivity index (χ1v) is 10.5. The topological polar surface area (TPSA) is 91.7 Å². The van der Waals surface area contributed by atoms with Gasteiger partial charge in [0, 0.05) is 29.2 Å². The molecule has 1 aromatic heterocycles. The van der Waals surface area contributed by atoms with Gasteiger partial charge in [-0.25, -0.2) is 4.68 Å². The minimum absolute atomic E-state index is 0.154. The van der Waals surface area contributed by atoms with E-state index in [1.165, 1.54) is 0 Å². The summed E-state index contributed by atoms with van der Waals surface area (Å²) in [5.41, 5.74) is 2.36. The van der Waals surface area contributed by atoms with Crippen LogP contribution in [0.25, 0.3) is 5.69 Å². The van der Waals surface area contributed by atoms with Gasteiger partial charge < -0.3 is 19.5 Å². The van der Waals surface area contributed by atoms with Crippen LogP contribution in [0.5, 0.6) is 11.5 Å². The summed E-state index contributed by atoms with van der Waals surface area (Å²) >= 11 is 3.39. The van der Waals surface area contributed by atoms with Crippen LogP contribution in [0.15, 0.2) is 59.3 Å². The van der Waals surface area contributed by atoms with Crippen LogP contribution >= 0.6 is 15.9 Å². The van der Waals surface area contributed by atoms with E-state index in [9.17, 15) is 9.59 Å². The molecule has 1 aliphatic heterocycles. The van der Waals surface area contributed by atoms with Gasteiger partial charge in [0.05, 0.1) is 17.6 Å². The van der Waals surface area contributed by atoms with E-state index in [2.05, 4.69) is 26.3 Å². The summed E-state index contributed by atoms with van der Waals surface area (Å²) < 4.78 is 18.5. The Morgan fingerprint density at radius 2 is 1.87 bits per heavy atom. The van der Waals surface area contributed by atoms with Crippen LogP contribution < -0.4 is 14.8 Å². The van der Waals surface area contributed by atoms with E-state index in [1.54, 1.807) is 23.0 Å². The van der Waals surface area contributed by atoms with Crippen molar-refractivity contribution >= 4 is 33.5 Å². The van der Waals surface area contributed by atoms with Gasteiger partial charge in [-0.2, -0.15) is 5.10 Å². The lowest BCUT2D eigenvalue weighted by Gasteiger charge is -2.20. The number of esters is 1. The van der Waals surface area contributed by atoms with Crippen LogP contribution in [0.2, 0.25) is 0 Å². The smallest absolute Gasteiger partial charge is 0.306 e. The standard InChI is InChI=1S/C22H20BrN3O5/c23-17-10-19-20(30-9-8-29-19)11-18(17)25-21(27)14-31-22(28)7-6-15-12-24-26(13-15)16-4-2-1-3-5-16/h1-5,10-13H,6-9,14H2,(H,25,27). The molecule has 0 fully saturated rings. The number of halogens is 1. The molecular formula is C22H20BrN3O5. The molecule has 0 saturated heterocycles. The van der Waals surface area contributed by atoms with Gasteiger partial charge in [0.2, 0.25) is 0 Å². The summed E-state index contributed by atoms with van der Waals surface area (Å²) in [6.07, 6.45) is 4.21. The number of carbonyl (C=O) groups is 2. The molecule has 1 amide bonds. The van der Waals surface area contributed by atoms with Gasteiger partial charge >= 0.3 is 5.97 Å². The minimum Gasteiger partial charge on any atom is -0.486 e. The van der Waals surface area contributed by atoms with Crippen LogP contribution in [0, 0.1) is 0 Å². The third kappa shape index (κ3) is 5.43. The first-order valence-electron chi connectivity index (χ1n) is 9.72. The lowest BCUT2D eigenvalue weighted by Crippen LogP contribution is -2.21. The molecule has 1 aliphatic rings. The third-order valence-electron chi connectivity index (χ3n) is 4.54. The number of amides is 1. The van der Waals surface area contributed by atoms with Gasteiger partial charge in [0.25, 0.3) is 5.91 Å². The van der Waals surface area contributed by atoms with E-state index in [1.807, 2.05) is 36.5 Å². The van der Waals surface area contributed by atoms with Crippen molar-refractivity contribution in [3.8, 4) is 17.2 Å². The van der Waals surface area contributed by atoms with Gasteiger partial charge in [-0.1, -0.05) is 18.2 Å². The van der Waals surface area contributed by atoms with Crippen molar-refractivity contribution in [2.24, 2.45) is 0 Å². The molecule has 2 aromatic carbocycles. The van der Waals surface area contributed by atoms with Crippen LogP contribution in [-0.2, 0) is 20.7 Å². The Morgan fingerprint density at radius 3 is 2.65 bits per heavy atom. The average molecular weight is 486 g/mol. The summed E-state index contributed by atoms with van der Waals surface area (Å²) in [5, 5.41) is 7.00. The number of ether oxygens (including phenoxy) is 3. The van der Waals surface area contributed by atoms with Crippen molar-refractivity contribution in [2.75, 3.05) is 25.1 Å². The van der Waals surface area contributed by atoms with Gasteiger partial charge in [-0.05, 0) is 40.0 Å². The zero-order valence-corrected chi connectivity index (χ0v) is 18.1. The van der Waals surface area contributed by atoms with Gasteiger partial charge in [-0.3, -0.25) is 9.59 Å². The van der Waals surface area contributed by atoms with E-state index in [4.69, 9.17) is 14.2 Å². The van der Waals surface area contributed by atoms with Crippen molar-refractivity contribution in [1.82, 2.24) is 9.78 Å². The second kappa shape index (κ2) is 9.65. The molecule has 0 radical (unpaired) electrons. The largest absolute Gasteiger partial charge is 0.486 e. The predicted molar refractivity (Wildman–Crippen MR) is 117 cm³/mol. The summed E-state index contributed by atoms with van der Waals surface area (Å²) in [6.45, 7) is 0.557. The lowest BCUT2D eigenvalue weighted by molar-refractivity contribution is -0.147. The summed E-state index contributed by atoms with van der Waals surface area (Å²) in [7, 11) is 0. The number of aryl methyl sites for hydroxylation is 1. The molecule has 0 atom stereocenters. The molecule has 31 heavy (non-hydrogen) atoms. The monoisotopic (exact) mass is 485 g/mol. The maximum atomic E-state index is 12.2. The van der Waals surface area contributed by atoms with E-state index in [-0.39, 0.29) is 13.0 Å². The number of nitrogens with one attached hydrogen (secondary N) is 1. The molecule has 0 spiro atoms. The number of rotatable bonds is 7. The molecule has 8 nitrogen and oxygen atoms in total. The molecule has 160 valence electrons. The summed E-state index contributed by atoms with van der Waals surface area (Å²) in [4.78, 5) is 24.2. The number of para-hydroxylation sites is 1. The molecule has 0 unspecified atom stereocenters. The van der Waals surface area contributed by atoms with Crippen LogP contribution in [0.1, 0.15) is 12.0 Å². The zero-order valence-electron chi connectivity index (χ0n) is 16.5. The van der Waals surface area contributed by atoms with Gasteiger partial charge in [0.1, 0.15) is 13.2 Å². The second-order valence-corrected chi connectivity index (χ2v) is 7.67. The fourth-order valence-electron chi connectivity index (χ4n) is 3.02. The molecule has 9 heteroatoms. The minimum atomic E-state index is -0.455. The number of nitrogens with zero attached hydrogens (tertiary/aromatic N) is 2. The Bertz CT molecular complexity index is 1080. The molecule has 3 aromatic rings. The fourth-order valence-corrected chi connectivity index (χ4v) is 3.44. The molecule has 0 saturated carbocycles. The molecule has 4 rings (SSSR count). The maximum Gasteiger partial charge on any atom is 0.306 e. The van der Waals surface area contributed by atoms with Crippen molar-refractivity contribution in [3.63, 3.8) is 0 Å². The Morgan fingerprint density at radius 1 is 1.13 bits per heavy atom. The molecule has 1 N–H and O–H groups in total. The average Bonchev–Trinajstić information content (AvgIpc) is 3.26. The molecule has 0 aliphatic carbocycles. The number of anilines is 1. The normalized spacial score (nSPS) is 12.3. The predicted octanol–water partition coefficient (Wildman–Crippen LogP) is 3.52. The Balaban J connectivity index is 1.24. The van der Waals surface area contributed by atoms with Crippen molar-refractivity contribution in [1.29, 1.82) is 0 Å². The van der Waals surface area contributed by atoms with E-state index >= 15 is 0 Å². The maximum absolute atomic E-state index is 12.2. The van der Waals surface area contributed by atoms with Crippen LogP contribution in [0.3, 0.4) is 0 Å². The highest BCUT2D eigenvalue weighted by molar-refractivity contribution is 9.10. The first-order chi connectivity index (χ1) is 15.1. The Labute approximate surface area is 187 Å². The molecule has 0 bridgehead atoms. The van der Waals surface area contributed by atoms with Gasteiger partial charge in [-0.15, -0.1) is 0 Å². The zero-order chi connectivity index (χ0) is 21.6. The van der Waals surface area contributed by atoms with Crippen molar-refractivity contribution < 1.29 is 23.8 Å². The van der Waals surface area contributed by atoms with Crippen molar-refractivity contribution in [2.45, 2.75) is 12.8 Å². The third-order valence-corrected chi connectivity index (χ3v) is 5.20. The Kier molecular flexibility index (Phi) is 6.51. The van der Waals surface area contributed by atoms with Gasteiger partial charge in [0.15, 0.2) is 18.1 Å². The first kappa shape index (κ1) is 20.9. The highest BCUT2D eigenvalue weighted by Gasteiger charge is 2.17. The van der Waals surface area contributed by atoms with E-state index in [0.717, 1.165) is 11.3 Å². The van der Waals surface area contributed by atoms with E-state index < -0.39 is 11.9 Å². The quantitative estimate of drug-likeness (QED) is 0.514. The highest BCUT2D eigenvalue weighted by Crippen LogP contribution is 2.38. The van der Waals surface area contributed by atoms with Crippen LogP contribution in [0.4, 0.5) is 5.69 Å². The number of benzene rings is 2. The summed E-state index contributed by atoms with van der Waals surface area (Å²) in [5.74, 6) is 0.266. The summed E-state index contributed by atoms with van der Waals surface area (Å²) in [6, 6.07) is 13.1. The number of hydrogen-bond donors (Lipinski definition) is 1. The van der Waals surface area contributed by atoms with E-state index in [0.29, 0.717) is 41.3 Å². The molecule has 2 heterocycles. The molecular weight excluding hydrogens is 466 g/mol.